The predicted molar refractivity (Wildman–Crippen MR) is 80.1 cm³/mol. The van der Waals surface area contributed by atoms with Gasteiger partial charge in [-0.1, -0.05) is 18.2 Å². The molecule has 1 N–H and O–H groups in total. The van der Waals surface area contributed by atoms with Crippen molar-refractivity contribution >= 4 is 11.3 Å². The molecule has 19 heavy (non-hydrogen) atoms. The van der Waals surface area contributed by atoms with Crippen molar-refractivity contribution in [2.75, 3.05) is 13.2 Å². The van der Waals surface area contributed by atoms with Gasteiger partial charge in [0.15, 0.2) is 0 Å². The van der Waals surface area contributed by atoms with Gasteiger partial charge in [0, 0.05) is 17.3 Å². The number of ether oxygens (including phenoxy) is 1. The summed E-state index contributed by atoms with van der Waals surface area (Å²) in [5.74, 6) is 1.07. The molecule has 2 aromatic rings. The lowest BCUT2D eigenvalue weighted by Gasteiger charge is -2.12. The number of benzene rings is 1. The maximum absolute atomic E-state index is 5.53. The monoisotopic (exact) mass is 273 g/mol. The van der Waals surface area contributed by atoms with Crippen LogP contribution in [0.3, 0.4) is 0 Å². The summed E-state index contributed by atoms with van der Waals surface area (Å²) in [4.78, 5) is 1.40. The Morgan fingerprint density at radius 3 is 3.16 bits per heavy atom. The summed E-state index contributed by atoms with van der Waals surface area (Å²) in [6.45, 7) is 4.08. The molecule has 1 aliphatic heterocycles. The molecule has 3 rings (SSSR count). The zero-order valence-corrected chi connectivity index (χ0v) is 12.0. The molecule has 0 bridgehead atoms. The molecule has 2 heterocycles. The van der Waals surface area contributed by atoms with E-state index in [-0.39, 0.29) is 0 Å². The number of hydrogen-bond donors (Lipinski definition) is 1. The summed E-state index contributed by atoms with van der Waals surface area (Å²) >= 11 is 1.81. The fraction of sp³-hybridized carbons (Fsp3) is 0.375. The second-order valence-corrected chi connectivity index (χ2v) is 5.96. The van der Waals surface area contributed by atoms with E-state index in [1.807, 2.05) is 11.3 Å². The highest BCUT2D eigenvalue weighted by Crippen LogP contribution is 2.26. The third kappa shape index (κ3) is 2.99. The lowest BCUT2D eigenvalue weighted by atomic mass is 10.1. The summed E-state index contributed by atoms with van der Waals surface area (Å²) in [7, 11) is 0. The van der Waals surface area contributed by atoms with Crippen molar-refractivity contribution in [1.29, 1.82) is 0 Å². The minimum atomic E-state index is 0.442. The first-order valence-corrected chi connectivity index (χ1v) is 7.72. The maximum Gasteiger partial charge on any atom is 0.122 e. The molecule has 100 valence electrons. The molecule has 0 saturated heterocycles. The number of fused-ring (bicyclic) bond motifs is 1. The Hall–Kier alpha value is -1.32. The Balaban J connectivity index is 1.52. The lowest BCUT2D eigenvalue weighted by Crippen LogP contribution is -2.20. The van der Waals surface area contributed by atoms with Crippen molar-refractivity contribution in [2.45, 2.75) is 25.8 Å². The molecule has 3 heteroatoms. The van der Waals surface area contributed by atoms with Gasteiger partial charge in [-0.3, -0.25) is 0 Å². The second-order valence-electron chi connectivity index (χ2n) is 4.98. The molecule has 1 aromatic heterocycles. The minimum Gasteiger partial charge on any atom is -0.493 e. The topological polar surface area (TPSA) is 21.3 Å². The molecule has 0 amide bonds. The molecule has 1 aromatic carbocycles. The summed E-state index contributed by atoms with van der Waals surface area (Å²) in [6.07, 6.45) is 2.13. The normalized spacial score (nSPS) is 15.0. The highest BCUT2D eigenvalue weighted by atomic mass is 32.1. The summed E-state index contributed by atoms with van der Waals surface area (Å²) in [5.41, 5.74) is 2.76. The van der Waals surface area contributed by atoms with Gasteiger partial charge < -0.3 is 10.1 Å². The maximum atomic E-state index is 5.53. The van der Waals surface area contributed by atoms with Gasteiger partial charge in [-0.15, -0.1) is 11.3 Å². The summed E-state index contributed by atoms with van der Waals surface area (Å²) < 4.78 is 5.53. The largest absolute Gasteiger partial charge is 0.493 e. The third-order valence-corrected chi connectivity index (χ3v) is 4.64. The zero-order chi connectivity index (χ0) is 13.1. The second kappa shape index (κ2) is 5.76. The first-order chi connectivity index (χ1) is 9.33. The van der Waals surface area contributed by atoms with Gasteiger partial charge in [-0.25, -0.2) is 0 Å². The predicted octanol–water partition coefficient (Wildman–Crippen LogP) is 3.58. The van der Waals surface area contributed by atoms with Gasteiger partial charge in [0.1, 0.15) is 5.75 Å². The van der Waals surface area contributed by atoms with E-state index in [1.165, 1.54) is 16.0 Å². The van der Waals surface area contributed by atoms with E-state index in [2.05, 4.69) is 48.0 Å². The molecule has 0 spiro atoms. The van der Waals surface area contributed by atoms with E-state index >= 15 is 0 Å². The van der Waals surface area contributed by atoms with E-state index < -0.39 is 0 Å². The van der Waals surface area contributed by atoms with Crippen LogP contribution in [0.4, 0.5) is 0 Å². The van der Waals surface area contributed by atoms with Crippen LogP contribution in [0.2, 0.25) is 0 Å². The van der Waals surface area contributed by atoms with Gasteiger partial charge in [0.05, 0.1) is 6.61 Å². The summed E-state index contributed by atoms with van der Waals surface area (Å²) in [6, 6.07) is 11.3. The number of hydrogen-bond acceptors (Lipinski definition) is 3. The number of thiophene rings is 1. The SMILES string of the molecule is C[C@@H](NCCc1ccc2c(c1)CCO2)c1cccs1. The van der Waals surface area contributed by atoms with Crippen LogP contribution in [0.25, 0.3) is 0 Å². The molecule has 0 fully saturated rings. The summed E-state index contributed by atoms with van der Waals surface area (Å²) in [5, 5.41) is 5.71. The van der Waals surface area contributed by atoms with Gasteiger partial charge in [0.2, 0.25) is 0 Å². The van der Waals surface area contributed by atoms with Crippen molar-refractivity contribution in [3.8, 4) is 5.75 Å². The van der Waals surface area contributed by atoms with Crippen molar-refractivity contribution in [1.82, 2.24) is 5.32 Å². The fourth-order valence-electron chi connectivity index (χ4n) is 2.47. The molecule has 0 aliphatic carbocycles. The van der Waals surface area contributed by atoms with Crippen molar-refractivity contribution in [3.05, 3.63) is 51.7 Å². The van der Waals surface area contributed by atoms with E-state index in [1.54, 1.807) is 0 Å². The first kappa shape index (κ1) is 12.7. The molecule has 1 aliphatic rings. The van der Waals surface area contributed by atoms with Crippen LogP contribution in [-0.4, -0.2) is 13.2 Å². The number of nitrogens with one attached hydrogen (secondary N) is 1. The van der Waals surface area contributed by atoms with Gasteiger partial charge >= 0.3 is 0 Å². The van der Waals surface area contributed by atoms with Crippen LogP contribution >= 0.6 is 11.3 Å². The Kier molecular flexibility index (Phi) is 3.85. The Morgan fingerprint density at radius 1 is 1.37 bits per heavy atom. The van der Waals surface area contributed by atoms with E-state index in [9.17, 15) is 0 Å². The molecule has 0 radical (unpaired) electrons. The standard InChI is InChI=1S/C16H19NOS/c1-12(16-3-2-10-19-16)17-8-6-13-4-5-15-14(11-13)7-9-18-15/h2-5,10-12,17H,6-9H2,1H3/t12-/m1/s1. The Labute approximate surface area is 118 Å². The van der Waals surface area contributed by atoms with Crippen LogP contribution < -0.4 is 10.1 Å². The van der Waals surface area contributed by atoms with Crippen LogP contribution in [0.5, 0.6) is 5.75 Å². The average molecular weight is 273 g/mol. The van der Waals surface area contributed by atoms with Crippen LogP contribution in [0.1, 0.15) is 29.0 Å². The van der Waals surface area contributed by atoms with Gasteiger partial charge in [0.25, 0.3) is 0 Å². The van der Waals surface area contributed by atoms with Gasteiger partial charge in [-0.2, -0.15) is 0 Å². The van der Waals surface area contributed by atoms with Crippen molar-refractivity contribution in [2.24, 2.45) is 0 Å². The quantitative estimate of drug-likeness (QED) is 0.899. The van der Waals surface area contributed by atoms with Crippen LogP contribution in [0.15, 0.2) is 35.7 Å². The van der Waals surface area contributed by atoms with E-state index in [0.29, 0.717) is 6.04 Å². The Bertz CT molecular complexity index is 536. The lowest BCUT2D eigenvalue weighted by molar-refractivity contribution is 0.357. The fourth-order valence-corrected chi connectivity index (χ4v) is 3.23. The first-order valence-electron chi connectivity index (χ1n) is 6.84. The Morgan fingerprint density at radius 2 is 2.32 bits per heavy atom. The van der Waals surface area contributed by atoms with Crippen molar-refractivity contribution < 1.29 is 4.74 Å². The van der Waals surface area contributed by atoms with Crippen LogP contribution in [0, 0.1) is 0 Å². The highest BCUT2D eigenvalue weighted by Gasteiger charge is 2.12. The molecule has 2 nitrogen and oxygen atoms in total. The average Bonchev–Trinajstić information content (AvgIpc) is 3.09. The van der Waals surface area contributed by atoms with E-state index in [0.717, 1.165) is 31.7 Å². The number of rotatable bonds is 5. The molecule has 0 saturated carbocycles. The zero-order valence-electron chi connectivity index (χ0n) is 11.2. The van der Waals surface area contributed by atoms with Crippen LogP contribution in [-0.2, 0) is 12.8 Å². The molecular weight excluding hydrogens is 254 g/mol. The third-order valence-electron chi connectivity index (χ3n) is 3.59. The van der Waals surface area contributed by atoms with Gasteiger partial charge in [-0.05, 0) is 48.5 Å². The molecule has 1 atom stereocenters. The van der Waals surface area contributed by atoms with E-state index in [4.69, 9.17) is 4.74 Å². The molecular formula is C16H19NOS. The smallest absolute Gasteiger partial charge is 0.122 e. The highest BCUT2D eigenvalue weighted by molar-refractivity contribution is 7.10. The molecule has 0 unspecified atom stereocenters. The minimum absolute atomic E-state index is 0.442. The van der Waals surface area contributed by atoms with Crippen molar-refractivity contribution in [3.63, 3.8) is 0 Å².